The standard InChI is InChI=1S/C46H71N9O11.3C2H4O2/c1-45(2,3)55(44(64)65)21-9-12-34-40(60)53-35(41(61)51-33(11-7-18-47)39(59)50-20-8-10-31(49)26-32(56)17-19-48)24-29-22-27(13-15-37(29)57)28-14-16-38(58)30(23-28)25-36(42(62)52-34)54-43(63)66-46(4,5)6;3*1-2(3)4/h13-16,22-23,31,33-36,57-58H,7-12,17-21,24-26,47-49H2,1-6H3,(H,50,59)(H,51,61)(H,52,62)(H,53,60)(H,54,63)(H,64,65);3*1H3,(H,3,4)/t31-,33-,34-,35-,36-;;;/m0.../s1. The number of nitrogens with zero attached hydrogens (tertiary/aromatic N) is 1. The quantitative estimate of drug-likeness (QED) is 0.0897. The number of nitrogens with one attached hydrogen (secondary N) is 5. The highest BCUT2D eigenvalue weighted by Crippen LogP contribution is 2.31. The summed E-state index contributed by atoms with van der Waals surface area (Å²) in [5, 5.41) is 67.8. The number of alkyl carbamates (subject to hydrolysis) is 1. The summed E-state index contributed by atoms with van der Waals surface area (Å²) in [6.07, 6.45) is -1.05. The molecule has 5 atom stereocenters. The van der Waals surface area contributed by atoms with E-state index in [2.05, 4.69) is 26.6 Å². The number of phenolic OH excluding ortho intramolecular Hbond substituents is 2. The first-order valence-electron chi connectivity index (χ1n) is 25.2. The van der Waals surface area contributed by atoms with Gasteiger partial charge in [0.15, 0.2) is 0 Å². The number of carboxylic acids is 3. The van der Waals surface area contributed by atoms with Gasteiger partial charge in [0.25, 0.3) is 17.9 Å². The van der Waals surface area contributed by atoms with Crippen LogP contribution in [0.3, 0.4) is 0 Å². The number of phenols is 2. The number of ether oxygens (including phenoxy) is 1. The molecule has 1 aliphatic heterocycles. The molecule has 0 unspecified atom stereocenters. The Labute approximate surface area is 454 Å². The first-order chi connectivity index (χ1) is 36.1. The number of hydrogen-bond acceptors (Lipinski definition) is 16. The monoisotopic (exact) mass is 1110 g/mol. The van der Waals surface area contributed by atoms with Gasteiger partial charge in [0.05, 0.1) is 0 Å². The van der Waals surface area contributed by atoms with Crippen molar-refractivity contribution in [2.24, 2.45) is 17.2 Å². The topological polar surface area (TPSA) is 443 Å². The van der Waals surface area contributed by atoms with Crippen LogP contribution in [-0.4, -0.2) is 163 Å². The second kappa shape index (κ2) is 35.0. The Bertz CT molecular complexity index is 2290. The zero-order valence-corrected chi connectivity index (χ0v) is 46.1. The molecular formula is C52H83N9O17. The fourth-order valence-electron chi connectivity index (χ4n) is 7.37. The minimum atomic E-state index is -1.46. The SMILES string of the molecule is CC(=O)O.CC(=O)O.CC(=O)O.CC(C)(C)OC(=O)N[C@H]1Cc2cc(ccc2O)-c2ccc(O)c(c2)C[C@@H](C(=O)N[C@@H](CCCN)C(=O)NCCC[C@H](N)CC(=O)CCN)NC(=O)[C@H](CCCN(C(=O)O)C(C)(C)C)NC1=O. The Morgan fingerprint density at radius 1 is 0.744 bits per heavy atom. The second-order valence-corrected chi connectivity index (χ2v) is 20.2. The molecule has 1 aliphatic rings. The number of rotatable bonds is 19. The fraction of sp³-hybridized carbons (Fsp3) is 0.577. The number of hydrogen-bond donors (Lipinski definition) is 14. The van der Waals surface area contributed by atoms with Crippen molar-refractivity contribution in [1.82, 2.24) is 31.5 Å². The molecule has 438 valence electrons. The normalized spacial score (nSPS) is 15.9. The molecule has 0 aromatic heterocycles. The summed E-state index contributed by atoms with van der Waals surface area (Å²) in [5.74, 6) is -6.01. The first-order valence-corrected chi connectivity index (χ1v) is 25.2. The van der Waals surface area contributed by atoms with Crippen molar-refractivity contribution >= 4 is 59.5 Å². The summed E-state index contributed by atoms with van der Waals surface area (Å²) in [6, 6.07) is 3.42. The minimum absolute atomic E-state index is 0.0421. The van der Waals surface area contributed by atoms with Crippen molar-refractivity contribution in [1.29, 1.82) is 0 Å². The van der Waals surface area contributed by atoms with Gasteiger partial charge < -0.3 is 84.1 Å². The van der Waals surface area contributed by atoms with E-state index in [1.54, 1.807) is 65.8 Å². The molecule has 17 N–H and O–H groups in total. The summed E-state index contributed by atoms with van der Waals surface area (Å²) in [7, 11) is 0. The number of fused-ring (bicyclic) bond motifs is 5. The van der Waals surface area contributed by atoms with Crippen LogP contribution >= 0.6 is 0 Å². The van der Waals surface area contributed by atoms with E-state index >= 15 is 0 Å². The van der Waals surface area contributed by atoms with Crippen LogP contribution in [0, 0.1) is 0 Å². The van der Waals surface area contributed by atoms with Gasteiger partial charge in [-0.25, -0.2) is 9.59 Å². The van der Waals surface area contributed by atoms with E-state index in [9.17, 15) is 48.9 Å². The Balaban J connectivity index is 0.00000446. The summed E-state index contributed by atoms with van der Waals surface area (Å²) >= 11 is 0. The summed E-state index contributed by atoms with van der Waals surface area (Å²) < 4.78 is 5.45. The number of nitrogens with two attached hydrogens (primary N) is 3. The molecule has 0 aliphatic carbocycles. The predicted molar refractivity (Wildman–Crippen MR) is 287 cm³/mol. The van der Waals surface area contributed by atoms with Gasteiger partial charge in [-0.05, 0) is 140 Å². The number of Topliss-reactive ketones (excluding diaryl/α,β-unsaturated/α-hetero) is 1. The van der Waals surface area contributed by atoms with Gasteiger partial charge in [-0.15, -0.1) is 0 Å². The molecule has 0 radical (unpaired) electrons. The molecular weight excluding hydrogens is 1020 g/mol. The predicted octanol–water partition coefficient (Wildman–Crippen LogP) is 2.31. The van der Waals surface area contributed by atoms with Crippen molar-refractivity contribution < 1.29 is 83.3 Å². The lowest BCUT2D eigenvalue weighted by molar-refractivity contribution is -0.135. The summed E-state index contributed by atoms with van der Waals surface area (Å²) in [5.41, 5.74) is 17.1. The van der Waals surface area contributed by atoms with Crippen molar-refractivity contribution in [2.45, 2.75) is 168 Å². The van der Waals surface area contributed by atoms with Crippen LogP contribution < -0.4 is 43.8 Å². The molecule has 78 heavy (non-hydrogen) atoms. The number of carbonyl (C=O) groups excluding carboxylic acids is 6. The van der Waals surface area contributed by atoms with E-state index in [4.69, 9.17) is 51.6 Å². The molecule has 0 spiro atoms. The zero-order chi connectivity index (χ0) is 60.1. The lowest BCUT2D eigenvalue weighted by Crippen LogP contribution is -2.59. The van der Waals surface area contributed by atoms with Crippen LogP contribution in [-0.2, 0) is 55.9 Å². The Morgan fingerprint density at radius 3 is 1.74 bits per heavy atom. The Morgan fingerprint density at radius 2 is 1.27 bits per heavy atom. The smallest absolute Gasteiger partial charge is 0.408 e. The first kappa shape index (κ1) is 70.4. The van der Waals surface area contributed by atoms with Gasteiger partial charge in [0, 0.05) is 71.1 Å². The van der Waals surface area contributed by atoms with E-state index in [0.29, 0.717) is 30.4 Å². The van der Waals surface area contributed by atoms with Gasteiger partial charge in [0.1, 0.15) is 47.1 Å². The Kier molecular flexibility index (Phi) is 31.6. The number of benzene rings is 2. The highest BCUT2D eigenvalue weighted by molar-refractivity contribution is 5.95. The number of amides is 6. The molecule has 6 amide bonds. The molecule has 26 nitrogen and oxygen atoms in total. The van der Waals surface area contributed by atoms with E-state index in [1.807, 2.05) is 0 Å². The molecule has 2 aromatic carbocycles. The van der Waals surface area contributed by atoms with E-state index < -0.39 is 95.1 Å². The van der Waals surface area contributed by atoms with Gasteiger partial charge in [0.2, 0.25) is 23.6 Å². The number of ketones is 1. The van der Waals surface area contributed by atoms with Crippen LogP contribution in [0.1, 0.15) is 125 Å². The largest absolute Gasteiger partial charge is 0.508 e. The van der Waals surface area contributed by atoms with E-state index in [-0.39, 0.29) is 99.5 Å². The van der Waals surface area contributed by atoms with Gasteiger partial charge in [-0.1, -0.05) is 12.1 Å². The van der Waals surface area contributed by atoms with Gasteiger partial charge >= 0.3 is 12.2 Å². The lowest BCUT2D eigenvalue weighted by atomic mass is 9.95. The number of carboxylic acid groups (broad SMARTS) is 4. The van der Waals surface area contributed by atoms with E-state index in [0.717, 1.165) is 20.8 Å². The highest BCUT2D eigenvalue weighted by Gasteiger charge is 2.34. The average molecular weight is 1110 g/mol. The van der Waals surface area contributed by atoms with Crippen molar-refractivity contribution in [3.8, 4) is 22.6 Å². The third-order valence-corrected chi connectivity index (χ3v) is 10.8. The van der Waals surface area contributed by atoms with Crippen molar-refractivity contribution in [3.63, 3.8) is 0 Å². The van der Waals surface area contributed by atoms with Crippen LogP contribution in [0.5, 0.6) is 11.5 Å². The molecule has 4 bridgehead atoms. The maximum Gasteiger partial charge on any atom is 0.408 e. The highest BCUT2D eigenvalue weighted by atomic mass is 16.6. The molecule has 26 heteroatoms. The number of carbonyl (C=O) groups is 10. The maximum atomic E-state index is 14.5. The minimum Gasteiger partial charge on any atom is -0.508 e. The third-order valence-electron chi connectivity index (χ3n) is 10.8. The summed E-state index contributed by atoms with van der Waals surface area (Å²) in [4.78, 5) is 122. The fourth-order valence-corrected chi connectivity index (χ4v) is 7.37. The van der Waals surface area contributed by atoms with Crippen LogP contribution in [0.15, 0.2) is 36.4 Å². The van der Waals surface area contributed by atoms with E-state index in [1.165, 1.54) is 17.0 Å². The Hall–Kier alpha value is -7.58. The summed E-state index contributed by atoms with van der Waals surface area (Å²) in [6.45, 7) is 13.8. The second-order valence-electron chi connectivity index (χ2n) is 20.2. The molecule has 3 rings (SSSR count). The molecule has 0 saturated carbocycles. The van der Waals surface area contributed by atoms with Crippen molar-refractivity contribution in [3.05, 3.63) is 47.5 Å². The zero-order valence-electron chi connectivity index (χ0n) is 46.1. The lowest BCUT2D eigenvalue weighted by Gasteiger charge is -2.33. The number of aromatic hydroxyl groups is 2. The van der Waals surface area contributed by atoms with Gasteiger partial charge in [-0.3, -0.25) is 38.4 Å². The van der Waals surface area contributed by atoms with Crippen molar-refractivity contribution in [2.75, 3.05) is 26.2 Å². The van der Waals surface area contributed by atoms with Gasteiger partial charge in [-0.2, -0.15) is 0 Å². The number of aliphatic carboxylic acids is 3. The molecule has 0 fully saturated rings. The van der Waals surface area contributed by atoms with Crippen LogP contribution in [0.2, 0.25) is 0 Å². The molecule has 1 heterocycles. The third kappa shape index (κ3) is 30.2. The van der Waals surface area contributed by atoms with Crippen LogP contribution in [0.25, 0.3) is 11.1 Å². The average Bonchev–Trinajstić information content (AvgIpc) is 3.29. The molecule has 0 saturated heterocycles. The van der Waals surface area contributed by atoms with Crippen LogP contribution in [0.4, 0.5) is 9.59 Å². The maximum absolute atomic E-state index is 14.5. The molecule has 2 aromatic rings.